The van der Waals surface area contributed by atoms with Crippen LogP contribution >= 0.6 is 0 Å². The second-order valence-corrected chi connectivity index (χ2v) is 5.28. The number of nitrogens with one attached hydrogen (secondary N) is 1. The summed E-state index contributed by atoms with van der Waals surface area (Å²) in [7, 11) is 0. The van der Waals surface area contributed by atoms with Crippen molar-refractivity contribution in [3.8, 4) is 0 Å². The third kappa shape index (κ3) is 6.48. The molecular weight excluding hydrogens is 250 g/mol. The number of anilines is 1. The quantitative estimate of drug-likeness (QED) is 0.752. The van der Waals surface area contributed by atoms with Crippen molar-refractivity contribution in [3.63, 3.8) is 0 Å². The molecule has 0 aliphatic carbocycles. The number of nitrogens with zero attached hydrogens (tertiary/aromatic N) is 2. The standard InChI is InChI=1S/C16H25N3O/c1-12(2)18-10-14-7-15(11-19-13(3)4)9-16(8-14)17-5-6-20/h7-13,17,20H,5-6H2,1-4H3. The zero-order valence-electron chi connectivity index (χ0n) is 12.8. The van der Waals surface area contributed by atoms with Crippen LogP contribution in [0.25, 0.3) is 0 Å². The first-order chi connectivity index (χ1) is 9.51. The minimum atomic E-state index is 0.111. The number of aliphatic hydroxyl groups is 1. The molecule has 0 saturated heterocycles. The molecule has 4 nitrogen and oxygen atoms in total. The molecule has 0 radical (unpaired) electrons. The van der Waals surface area contributed by atoms with Gasteiger partial charge in [-0.05, 0) is 57.0 Å². The van der Waals surface area contributed by atoms with Crippen molar-refractivity contribution in [2.75, 3.05) is 18.5 Å². The van der Waals surface area contributed by atoms with E-state index in [4.69, 9.17) is 5.11 Å². The fourth-order valence-electron chi connectivity index (χ4n) is 1.60. The maximum Gasteiger partial charge on any atom is 0.0604 e. The van der Waals surface area contributed by atoms with Gasteiger partial charge in [-0.2, -0.15) is 0 Å². The molecule has 0 saturated carbocycles. The van der Waals surface area contributed by atoms with Gasteiger partial charge in [-0.1, -0.05) is 0 Å². The van der Waals surface area contributed by atoms with Crippen LogP contribution in [0.15, 0.2) is 28.2 Å². The maximum atomic E-state index is 8.90. The van der Waals surface area contributed by atoms with Crippen molar-refractivity contribution in [1.29, 1.82) is 0 Å². The summed E-state index contributed by atoms with van der Waals surface area (Å²) >= 11 is 0. The topological polar surface area (TPSA) is 57.0 Å². The highest BCUT2D eigenvalue weighted by atomic mass is 16.3. The Morgan fingerprint density at radius 2 is 1.50 bits per heavy atom. The predicted octanol–water partition coefficient (Wildman–Crippen LogP) is 2.75. The summed E-state index contributed by atoms with van der Waals surface area (Å²) in [6.07, 6.45) is 3.75. The van der Waals surface area contributed by atoms with Crippen molar-refractivity contribution in [1.82, 2.24) is 0 Å². The van der Waals surface area contributed by atoms with E-state index >= 15 is 0 Å². The minimum Gasteiger partial charge on any atom is -0.395 e. The Morgan fingerprint density at radius 3 is 1.90 bits per heavy atom. The molecule has 4 heteroatoms. The van der Waals surface area contributed by atoms with E-state index in [1.165, 1.54) is 0 Å². The lowest BCUT2D eigenvalue weighted by atomic mass is 10.1. The molecule has 20 heavy (non-hydrogen) atoms. The van der Waals surface area contributed by atoms with Crippen molar-refractivity contribution in [2.45, 2.75) is 39.8 Å². The van der Waals surface area contributed by atoms with Crippen LogP contribution in [-0.4, -0.2) is 42.8 Å². The molecule has 110 valence electrons. The van der Waals surface area contributed by atoms with Crippen LogP contribution in [0, 0.1) is 0 Å². The van der Waals surface area contributed by atoms with Gasteiger partial charge < -0.3 is 10.4 Å². The van der Waals surface area contributed by atoms with Gasteiger partial charge in [0.1, 0.15) is 0 Å². The Morgan fingerprint density at radius 1 is 1.00 bits per heavy atom. The summed E-state index contributed by atoms with van der Waals surface area (Å²) in [4.78, 5) is 8.81. The SMILES string of the molecule is CC(C)N=Cc1cc(C=NC(C)C)cc(NCCO)c1. The maximum absolute atomic E-state index is 8.90. The fraction of sp³-hybridized carbons (Fsp3) is 0.500. The Balaban J connectivity index is 3.00. The fourth-order valence-corrected chi connectivity index (χ4v) is 1.60. The molecular formula is C16H25N3O. The summed E-state index contributed by atoms with van der Waals surface area (Å²) in [6, 6.07) is 6.65. The molecule has 0 atom stereocenters. The summed E-state index contributed by atoms with van der Waals surface area (Å²) in [5, 5.41) is 12.1. The highest BCUT2D eigenvalue weighted by Crippen LogP contribution is 2.13. The van der Waals surface area contributed by atoms with Gasteiger partial charge in [-0.3, -0.25) is 9.98 Å². The van der Waals surface area contributed by atoms with Crippen LogP contribution < -0.4 is 5.32 Å². The molecule has 1 rings (SSSR count). The number of rotatable bonds is 7. The van der Waals surface area contributed by atoms with Gasteiger partial charge in [0.05, 0.1) is 6.61 Å². The third-order valence-electron chi connectivity index (χ3n) is 2.46. The highest BCUT2D eigenvalue weighted by Gasteiger charge is 1.99. The second kappa shape index (κ2) is 8.48. The first kappa shape index (κ1) is 16.4. The lowest BCUT2D eigenvalue weighted by Crippen LogP contribution is -2.06. The molecule has 0 spiro atoms. The van der Waals surface area contributed by atoms with Crippen LogP contribution in [0.1, 0.15) is 38.8 Å². The Kier molecular flexibility index (Phi) is 6.94. The van der Waals surface area contributed by atoms with E-state index in [9.17, 15) is 0 Å². The Labute approximate surface area is 121 Å². The van der Waals surface area contributed by atoms with Gasteiger partial charge in [0.25, 0.3) is 0 Å². The average Bonchev–Trinajstić information content (AvgIpc) is 2.40. The van der Waals surface area contributed by atoms with Crippen LogP contribution in [0.4, 0.5) is 5.69 Å². The van der Waals surface area contributed by atoms with Gasteiger partial charge >= 0.3 is 0 Å². The molecule has 0 aliphatic rings. The van der Waals surface area contributed by atoms with Gasteiger partial charge in [-0.25, -0.2) is 0 Å². The van der Waals surface area contributed by atoms with Crippen molar-refractivity contribution < 1.29 is 5.11 Å². The molecule has 0 aromatic heterocycles. The van der Waals surface area contributed by atoms with Gasteiger partial charge in [-0.15, -0.1) is 0 Å². The van der Waals surface area contributed by atoms with Crippen LogP contribution in [0.2, 0.25) is 0 Å². The first-order valence-electron chi connectivity index (χ1n) is 7.07. The smallest absolute Gasteiger partial charge is 0.0604 e. The van der Waals surface area contributed by atoms with E-state index in [0.717, 1.165) is 16.8 Å². The molecule has 1 aromatic rings. The van der Waals surface area contributed by atoms with Gasteiger partial charge in [0.2, 0.25) is 0 Å². The van der Waals surface area contributed by atoms with E-state index in [0.29, 0.717) is 6.54 Å². The zero-order valence-corrected chi connectivity index (χ0v) is 12.8. The Hall–Kier alpha value is -1.68. The average molecular weight is 275 g/mol. The molecule has 0 fully saturated rings. The lowest BCUT2D eigenvalue weighted by Gasteiger charge is -2.08. The van der Waals surface area contributed by atoms with E-state index in [1.54, 1.807) is 0 Å². The molecule has 0 unspecified atom stereocenters. The Bertz CT molecular complexity index is 429. The van der Waals surface area contributed by atoms with Crippen molar-refractivity contribution in [2.24, 2.45) is 9.98 Å². The number of hydrogen-bond acceptors (Lipinski definition) is 4. The number of aliphatic hydroxyl groups excluding tert-OH is 1. The van der Waals surface area contributed by atoms with E-state index in [-0.39, 0.29) is 18.7 Å². The van der Waals surface area contributed by atoms with Gasteiger partial charge in [0.15, 0.2) is 0 Å². The molecule has 2 N–H and O–H groups in total. The second-order valence-electron chi connectivity index (χ2n) is 5.28. The lowest BCUT2D eigenvalue weighted by molar-refractivity contribution is 0.311. The largest absolute Gasteiger partial charge is 0.395 e. The first-order valence-corrected chi connectivity index (χ1v) is 7.07. The van der Waals surface area contributed by atoms with Crippen molar-refractivity contribution >= 4 is 18.1 Å². The summed E-state index contributed by atoms with van der Waals surface area (Å²) < 4.78 is 0. The summed E-state index contributed by atoms with van der Waals surface area (Å²) in [5.41, 5.74) is 3.04. The van der Waals surface area contributed by atoms with Crippen molar-refractivity contribution in [3.05, 3.63) is 29.3 Å². The van der Waals surface area contributed by atoms with E-state index in [1.807, 2.05) is 52.3 Å². The zero-order chi connectivity index (χ0) is 15.0. The minimum absolute atomic E-state index is 0.111. The summed E-state index contributed by atoms with van der Waals surface area (Å²) in [5.74, 6) is 0. The van der Waals surface area contributed by atoms with E-state index < -0.39 is 0 Å². The van der Waals surface area contributed by atoms with Crippen LogP contribution in [0.3, 0.4) is 0 Å². The predicted molar refractivity (Wildman–Crippen MR) is 87.5 cm³/mol. The summed E-state index contributed by atoms with van der Waals surface area (Å²) in [6.45, 7) is 8.83. The molecule has 0 bridgehead atoms. The van der Waals surface area contributed by atoms with E-state index in [2.05, 4.69) is 21.4 Å². The van der Waals surface area contributed by atoms with Crippen LogP contribution in [0.5, 0.6) is 0 Å². The number of hydrogen-bond donors (Lipinski definition) is 2. The molecule has 0 aliphatic heterocycles. The molecule has 0 heterocycles. The normalized spacial score (nSPS) is 12.2. The number of benzene rings is 1. The number of aliphatic imine (C=N–C) groups is 2. The molecule has 0 amide bonds. The highest BCUT2D eigenvalue weighted by molar-refractivity contribution is 5.88. The van der Waals surface area contributed by atoms with Gasteiger partial charge in [0, 0.05) is 36.7 Å². The third-order valence-corrected chi connectivity index (χ3v) is 2.46. The monoisotopic (exact) mass is 275 g/mol. The molecule has 1 aromatic carbocycles. The van der Waals surface area contributed by atoms with Crippen LogP contribution in [-0.2, 0) is 0 Å².